The van der Waals surface area contributed by atoms with E-state index in [1.807, 2.05) is 6.07 Å². The zero-order chi connectivity index (χ0) is 11.7. The SMILES string of the molecule is O=C(O)Cn1c(=O)ccc2cc(Br)ccc21. The Kier molecular flexibility index (Phi) is 2.78. The highest BCUT2D eigenvalue weighted by atomic mass is 79.9. The van der Waals surface area contributed by atoms with Crippen molar-refractivity contribution >= 4 is 32.8 Å². The normalized spacial score (nSPS) is 10.6. The van der Waals surface area contributed by atoms with Crippen LogP contribution in [0.4, 0.5) is 0 Å². The van der Waals surface area contributed by atoms with Crippen LogP contribution < -0.4 is 5.56 Å². The molecule has 0 bridgehead atoms. The number of rotatable bonds is 2. The first kappa shape index (κ1) is 10.9. The molecular weight excluding hydrogens is 274 g/mol. The van der Waals surface area contributed by atoms with Crippen molar-refractivity contribution in [1.29, 1.82) is 0 Å². The largest absolute Gasteiger partial charge is 0.480 e. The molecule has 82 valence electrons. The van der Waals surface area contributed by atoms with Gasteiger partial charge >= 0.3 is 5.97 Å². The molecule has 1 aromatic carbocycles. The van der Waals surface area contributed by atoms with Crippen LogP contribution >= 0.6 is 15.9 Å². The van der Waals surface area contributed by atoms with Gasteiger partial charge in [-0.15, -0.1) is 0 Å². The summed E-state index contributed by atoms with van der Waals surface area (Å²) in [5, 5.41) is 9.57. The van der Waals surface area contributed by atoms with Gasteiger partial charge in [0.05, 0.1) is 5.52 Å². The lowest BCUT2D eigenvalue weighted by atomic mass is 10.2. The number of pyridine rings is 1. The molecule has 0 aliphatic carbocycles. The summed E-state index contributed by atoms with van der Waals surface area (Å²) in [5.41, 5.74) is 0.315. The van der Waals surface area contributed by atoms with Crippen LogP contribution in [0, 0.1) is 0 Å². The molecule has 1 aromatic heterocycles. The predicted octanol–water partition coefficient (Wildman–Crippen LogP) is 1.85. The first-order chi connectivity index (χ1) is 7.58. The lowest BCUT2D eigenvalue weighted by molar-refractivity contribution is -0.137. The molecule has 2 rings (SSSR count). The van der Waals surface area contributed by atoms with E-state index < -0.39 is 5.97 Å². The average Bonchev–Trinajstić information content (AvgIpc) is 2.22. The lowest BCUT2D eigenvalue weighted by Crippen LogP contribution is -2.23. The Balaban J connectivity index is 2.74. The predicted molar refractivity (Wildman–Crippen MR) is 63.5 cm³/mol. The molecule has 2 aromatic rings. The van der Waals surface area contributed by atoms with Crippen LogP contribution in [0.2, 0.25) is 0 Å². The maximum atomic E-state index is 11.5. The number of carboxylic acid groups (broad SMARTS) is 1. The van der Waals surface area contributed by atoms with Crippen LogP contribution in [0.3, 0.4) is 0 Å². The van der Waals surface area contributed by atoms with E-state index in [-0.39, 0.29) is 12.1 Å². The summed E-state index contributed by atoms with van der Waals surface area (Å²) in [6, 6.07) is 8.40. The fraction of sp³-hybridized carbons (Fsp3) is 0.0909. The zero-order valence-corrected chi connectivity index (χ0v) is 9.77. The Morgan fingerprint density at radius 2 is 2.06 bits per heavy atom. The van der Waals surface area contributed by atoms with Gasteiger partial charge in [-0.1, -0.05) is 15.9 Å². The van der Waals surface area contributed by atoms with E-state index in [2.05, 4.69) is 15.9 Å². The highest BCUT2D eigenvalue weighted by molar-refractivity contribution is 9.10. The van der Waals surface area contributed by atoms with Crippen molar-refractivity contribution in [2.75, 3.05) is 0 Å². The molecule has 0 spiro atoms. The van der Waals surface area contributed by atoms with Gasteiger partial charge in [0, 0.05) is 10.5 Å². The van der Waals surface area contributed by atoms with Crippen molar-refractivity contribution in [2.24, 2.45) is 0 Å². The summed E-state index contributed by atoms with van der Waals surface area (Å²) in [7, 11) is 0. The molecule has 0 aliphatic heterocycles. The number of benzene rings is 1. The summed E-state index contributed by atoms with van der Waals surface area (Å²) in [6.07, 6.45) is 0. The van der Waals surface area contributed by atoms with Crippen LogP contribution in [0.1, 0.15) is 0 Å². The molecule has 16 heavy (non-hydrogen) atoms. The van der Waals surface area contributed by atoms with E-state index in [1.165, 1.54) is 10.6 Å². The Hall–Kier alpha value is -1.62. The number of nitrogens with zero attached hydrogens (tertiary/aromatic N) is 1. The fourth-order valence-corrected chi connectivity index (χ4v) is 1.95. The molecule has 0 atom stereocenters. The van der Waals surface area contributed by atoms with Crippen molar-refractivity contribution in [2.45, 2.75) is 6.54 Å². The number of aliphatic carboxylic acids is 1. The highest BCUT2D eigenvalue weighted by Crippen LogP contribution is 2.18. The molecule has 4 nitrogen and oxygen atoms in total. The zero-order valence-electron chi connectivity index (χ0n) is 8.18. The second-order valence-electron chi connectivity index (χ2n) is 3.35. The second-order valence-corrected chi connectivity index (χ2v) is 4.27. The van der Waals surface area contributed by atoms with Gasteiger partial charge in [0.15, 0.2) is 0 Å². The van der Waals surface area contributed by atoms with Crippen molar-refractivity contribution in [1.82, 2.24) is 4.57 Å². The third-order valence-corrected chi connectivity index (χ3v) is 2.74. The van der Waals surface area contributed by atoms with Gasteiger partial charge < -0.3 is 5.11 Å². The monoisotopic (exact) mass is 281 g/mol. The van der Waals surface area contributed by atoms with Crippen LogP contribution in [0.15, 0.2) is 39.6 Å². The van der Waals surface area contributed by atoms with E-state index in [0.29, 0.717) is 5.52 Å². The van der Waals surface area contributed by atoms with E-state index >= 15 is 0 Å². The van der Waals surface area contributed by atoms with Crippen molar-refractivity contribution in [3.63, 3.8) is 0 Å². The molecule has 0 radical (unpaired) electrons. The number of aromatic nitrogens is 1. The van der Waals surface area contributed by atoms with Crippen molar-refractivity contribution in [3.05, 3.63) is 45.2 Å². The van der Waals surface area contributed by atoms with Gasteiger partial charge in [0.2, 0.25) is 0 Å². The number of halogens is 1. The van der Waals surface area contributed by atoms with Gasteiger partial charge in [-0.05, 0) is 29.7 Å². The van der Waals surface area contributed by atoms with Crippen LogP contribution in [0.25, 0.3) is 10.9 Å². The Bertz CT molecular complexity index is 618. The standard InChI is InChI=1S/C11H8BrNO3/c12-8-2-3-9-7(5-8)1-4-10(14)13(9)6-11(15)16/h1-5H,6H2,(H,15,16). The molecule has 1 N–H and O–H groups in total. The molecule has 0 aliphatic rings. The van der Waals surface area contributed by atoms with E-state index in [1.54, 1.807) is 18.2 Å². The van der Waals surface area contributed by atoms with E-state index in [9.17, 15) is 9.59 Å². The summed E-state index contributed by atoms with van der Waals surface area (Å²) in [5.74, 6) is -1.03. The van der Waals surface area contributed by atoms with Gasteiger partial charge in [-0.25, -0.2) is 0 Å². The minimum atomic E-state index is -1.03. The third-order valence-electron chi connectivity index (χ3n) is 2.25. The molecule has 0 amide bonds. The van der Waals surface area contributed by atoms with Crippen molar-refractivity contribution < 1.29 is 9.90 Å². The topological polar surface area (TPSA) is 59.3 Å². The molecule has 1 heterocycles. The second kappa shape index (κ2) is 4.09. The summed E-state index contributed by atoms with van der Waals surface area (Å²) in [6.45, 7) is -0.322. The van der Waals surface area contributed by atoms with Crippen molar-refractivity contribution in [3.8, 4) is 0 Å². The van der Waals surface area contributed by atoms with Gasteiger partial charge in [0.25, 0.3) is 5.56 Å². The summed E-state index contributed by atoms with van der Waals surface area (Å²) in [4.78, 5) is 22.2. The highest BCUT2D eigenvalue weighted by Gasteiger charge is 2.06. The van der Waals surface area contributed by atoms with Crippen LogP contribution in [0.5, 0.6) is 0 Å². The third kappa shape index (κ3) is 1.99. The first-order valence-corrected chi connectivity index (χ1v) is 5.38. The lowest BCUT2D eigenvalue weighted by Gasteiger charge is -2.07. The fourth-order valence-electron chi connectivity index (χ4n) is 1.57. The Morgan fingerprint density at radius 1 is 1.31 bits per heavy atom. The van der Waals surface area contributed by atoms with Gasteiger partial charge in [-0.3, -0.25) is 14.2 Å². The number of hydrogen-bond donors (Lipinski definition) is 1. The Labute approximate surface area is 99.3 Å². The molecule has 0 saturated heterocycles. The number of fused-ring (bicyclic) bond motifs is 1. The van der Waals surface area contributed by atoms with Crippen LogP contribution in [-0.2, 0) is 11.3 Å². The molecular formula is C11H8BrNO3. The number of carboxylic acids is 1. The molecule has 0 saturated carbocycles. The minimum Gasteiger partial charge on any atom is -0.480 e. The first-order valence-electron chi connectivity index (χ1n) is 4.59. The molecule has 5 heteroatoms. The molecule has 0 fully saturated rings. The maximum absolute atomic E-state index is 11.5. The number of carbonyl (C=O) groups is 1. The van der Waals surface area contributed by atoms with E-state index in [4.69, 9.17) is 5.11 Å². The van der Waals surface area contributed by atoms with Crippen LogP contribution in [-0.4, -0.2) is 15.6 Å². The summed E-state index contributed by atoms with van der Waals surface area (Å²) < 4.78 is 2.13. The number of hydrogen-bond acceptors (Lipinski definition) is 2. The smallest absolute Gasteiger partial charge is 0.323 e. The molecule has 0 unspecified atom stereocenters. The summed E-state index contributed by atoms with van der Waals surface area (Å²) >= 11 is 3.32. The van der Waals surface area contributed by atoms with Gasteiger partial charge in [0.1, 0.15) is 6.54 Å². The maximum Gasteiger partial charge on any atom is 0.323 e. The minimum absolute atomic E-state index is 0.308. The average molecular weight is 282 g/mol. The Morgan fingerprint density at radius 3 is 2.75 bits per heavy atom. The van der Waals surface area contributed by atoms with E-state index in [0.717, 1.165) is 9.86 Å². The quantitative estimate of drug-likeness (QED) is 0.914. The van der Waals surface area contributed by atoms with Gasteiger partial charge in [-0.2, -0.15) is 0 Å².